The Morgan fingerprint density at radius 2 is 2.07 bits per heavy atom. The molecule has 3 aromatic rings. The SMILES string of the molecule is Cl.NC[C@H]1CCC[C@H]1C(=O)Nc1cccc(Cn2nc3ccccn3c2=O)c1. The van der Waals surface area contributed by atoms with Crippen molar-refractivity contribution in [1.29, 1.82) is 0 Å². The van der Waals surface area contributed by atoms with Crippen molar-refractivity contribution >= 4 is 29.6 Å². The summed E-state index contributed by atoms with van der Waals surface area (Å²) in [4.78, 5) is 25.0. The van der Waals surface area contributed by atoms with Gasteiger partial charge in [0.2, 0.25) is 5.91 Å². The number of nitrogens with one attached hydrogen (secondary N) is 1. The van der Waals surface area contributed by atoms with Crippen LogP contribution in [0.4, 0.5) is 5.69 Å². The lowest BCUT2D eigenvalue weighted by atomic mass is 9.95. The van der Waals surface area contributed by atoms with Crippen molar-refractivity contribution in [2.45, 2.75) is 25.8 Å². The van der Waals surface area contributed by atoms with Crippen LogP contribution >= 0.6 is 12.4 Å². The minimum atomic E-state index is -0.184. The molecule has 28 heavy (non-hydrogen) atoms. The number of nitrogens with zero attached hydrogens (tertiary/aromatic N) is 3. The largest absolute Gasteiger partial charge is 0.350 e. The van der Waals surface area contributed by atoms with Crippen molar-refractivity contribution in [2.24, 2.45) is 17.6 Å². The molecule has 2 aromatic heterocycles. The maximum absolute atomic E-state index is 12.6. The molecule has 0 aliphatic heterocycles. The van der Waals surface area contributed by atoms with Gasteiger partial charge in [-0.2, -0.15) is 0 Å². The molecular weight excluding hydrogens is 378 g/mol. The van der Waals surface area contributed by atoms with Gasteiger partial charge in [0.15, 0.2) is 5.65 Å². The van der Waals surface area contributed by atoms with Gasteiger partial charge in [0.1, 0.15) is 0 Å². The average Bonchev–Trinajstić information content (AvgIpc) is 3.27. The molecule has 4 rings (SSSR count). The predicted molar refractivity (Wildman–Crippen MR) is 111 cm³/mol. The Kier molecular flexibility index (Phi) is 6.16. The zero-order chi connectivity index (χ0) is 18.8. The molecule has 0 bridgehead atoms. The first-order chi connectivity index (χ1) is 13.2. The first-order valence-electron chi connectivity index (χ1n) is 9.30. The Morgan fingerprint density at radius 3 is 2.86 bits per heavy atom. The summed E-state index contributed by atoms with van der Waals surface area (Å²) in [5, 5.41) is 7.36. The topological polar surface area (TPSA) is 94.4 Å². The van der Waals surface area contributed by atoms with E-state index in [1.165, 1.54) is 9.08 Å². The number of aromatic nitrogens is 3. The number of benzene rings is 1. The number of hydrogen-bond donors (Lipinski definition) is 2. The van der Waals surface area contributed by atoms with Crippen molar-refractivity contribution in [1.82, 2.24) is 14.2 Å². The van der Waals surface area contributed by atoms with E-state index in [1.54, 1.807) is 18.3 Å². The summed E-state index contributed by atoms with van der Waals surface area (Å²) < 4.78 is 2.94. The number of carbonyl (C=O) groups excluding carboxylic acids is 1. The van der Waals surface area contributed by atoms with E-state index in [2.05, 4.69) is 10.4 Å². The van der Waals surface area contributed by atoms with E-state index >= 15 is 0 Å². The zero-order valence-electron chi connectivity index (χ0n) is 15.5. The third kappa shape index (κ3) is 3.95. The van der Waals surface area contributed by atoms with Crippen LogP contribution in [-0.4, -0.2) is 26.6 Å². The van der Waals surface area contributed by atoms with Crippen molar-refractivity contribution in [3.63, 3.8) is 0 Å². The number of amides is 1. The summed E-state index contributed by atoms with van der Waals surface area (Å²) in [6.45, 7) is 0.897. The number of rotatable bonds is 5. The molecule has 0 saturated heterocycles. The van der Waals surface area contributed by atoms with E-state index in [4.69, 9.17) is 5.73 Å². The lowest BCUT2D eigenvalue weighted by Gasteiger charge is -2.17. The molecule has 1 saturated carbocycles. The summed E-state index contributed by atoms with van der Waals surface area (Å²) >= 11 is 0. The maximum Gasteiger partial charge on any atom is 0.350 e. The molecule has 1 aliphatic rings. The highest BCUT2D eigenvalue weighted by Crippen LogP contribution is 2.31. The van der Waals surface area contributed by atoms with Crippen molar-refractivity contribution in [3.05, 3.63) is 64.7 Å². The molecule has 8 heteroatoms. The van der Waals surface area contributed by atoms with Gasteiger partial charge in [0.05, 0.1) is 6.54 Å². The highest BCUT2D eigenvalue weighted by molar-refractivity contribution is 5.93. The van der Waals surface area contributed by atoms with Gasteiger partial charge >= 0.3 is 5.69 Å². The lowest BCUT2D eigenvalue weighted by Crippen LogP contribution is -2.29. The molecule has 1 aromatic carbocycles. The van der Waals surface area contributed by atoms with Gasteiger partial charge in [-0.05, 0) is 55.1 Å². The molecule has 1 amide bonds. The van der Waals surface area contributed by atoms with Gasteiger partial charge in [0.25, 0.3) is 0 Å². The first-order valence-corrected chi connectivity index (χ1v) is 9.30. The Bertz CT molecular complexity index is 1030. The van der Waals surface area contributed by atoms with Crippen LogP contribution in [0, 0.1) is 11.8 Å². The third-order valence-electron chi connectivity index (χ3n) is 5.31. The number of anilines is 1. The van der Waals surface area contributed by atoms with Crippen molar-refractivity contribution in [3.8, 4) is 0 Å². The Hall–Kier alpha value is -2.64. The smallest absolute Gasteiger partial charge is 0.330 e. The first kappa shape index (κ1) is 20.1. The summed E-state index contributed by atoms with van der Waals surface area (Å²) in [6.07, 6.45) is 4.67. The predicted octanol–water partition coefficient (Wildman–Crippen LogP) is 2.28. The monoisotopic (exact) mass is 401 g/mol. The van der Waals surface area contributed by atoms with Crippen LogP contribution in [-0.2, 0) is 11.3 Å². The van der Waals surface area contributed by atoms with Crippen LogP contribution in [0.1, 0.15) is 24.8 Å². The highest BCUT2D eigenvalue weighted by atomic mass is 35.5. The number of carbonyl (C=O) groups is 1. The number of halogens is 1. The van der Waals surface area contributed by atoms with Gasteiger partial charge in [-0.3, -0.25) is 9.20 Å². The molecule has 2 heterocycles. The van der Waals surface area contributed by atoms with Crippen molar-refractivity contribution in [2.75, 3.05) is 11.9 Å². The van der Waals surface area contributed by atoms with E-state index in [1.807, 2.05) is 30.3 Å². The minimum Gasteiger partial charge on any atom is -0.330 e. The minimum absolute atomic E-state index is 0. The summed E-state index contributed by atoms with van der Waals surface area (Å²) in [6, 6.07) is 13.0. The van der Waals surface area contributed by atoms with Crippen LogP contribution < -0.4 is 16.7 Å². The van der Waals surface area contributed by atoms with E-state index in [0.29, 0.717) is 18.7 Å². The standard InChI is InChI=1S/C20H23N5O2.ClH/c21-12-15-6-4-8-17(15)19(26)22-16-7-3-5-14(11-16)13-25-20(27)24-10-2-1-9-18(24)23-25;/h1-3,5,7,9-11,15,17H,4,6,8,12-13,21H2,(H,22,26);1H/t15-,17-;/m1./s1. The zero-order valence-corrected chi connectivity index (χ0v) is 16.3. The second-order valence-corrected chi connectivity index (χ2v) is 7.09. The molecule has 1 aliphatic carbocycles. The Labute approximate surface area is 169 Å². The normalized spacial score (nSPS) is 18.8. The van der Waals surface area contributed by atoms with Gasteiger partial charge in [0, 0.05) is 17.8 Å². The molecular formula is C20H24ClN5O2. The van der Waals surface area contributed by atoms with Gasteiger partial charge < -0.3 is 11.1 Å². The van der Waals surface area contributed by atoms with Crippen LogP contribution in [0.3, 0.4) is 0 Å². The van der Waals surface area contributed by atoms with E-state index < -0.39 is 0 Å². The quantitative estimate of drug-likeness (QED) is 0.685. The van der Waals surface area contributed by atoms with Crippen molar-refractivity contribution < 1.29 is 4.79 Å². The summed E-state index contributed by atoms with van der Waals surface area (Å²) in [7, 11) is 0. The number of pyridine rings is 1. The molecule has 148 valence electrons. The molecule has 2 atom stereocenters. The molecule has 3 N–H and O–H groups in total. The number of hydrogen-bond acceptors (Lipinski definition) is 4. The third-order valence-corrected chi connectivity index (χ3v) is 5.31. The van der Waals surface area contributed by atoms with E-state index in [-0.39, 0.29) is 35.8 Å². The van der Waals surface area contributed by atoms with Gasteiger partial charge in [-0.25, -0.2) is 9.48 Å². The Balaban J connectivity index is 0.00000225. The molecule has 0 spiro atoms. The number of nitrogens with two attached hydrogens (primary N) is 1. The van der Waals surface area contributed by atoms with Crippen LogP contribution in [0.25, 0.3) is 5.65 Å². The van der Waals surface area contributed by atoms with Crippen LogP contribution in [0.5, 0.6) is 0 Å². The van der Waals surface area contributed by atoms with Crippen LogP contribution in [0.15, 0.2) is 53.5 Å². The summed E-state index contributed by atoms with van der Waals surface area (Å²) in [5.41, 5.74) is 7.85. The van der Waals surface area contributed by atoms with Gasteiger partial charge in [-0.15, -0.1) is 17.5 Å². The second-order valence-electron chi connectivity index (χ2n) is 7.09. The van der Waals surface area contributed by atoms with Crippen LogP contribution in [0.2, 0.25) is 0 Å². The lowest BCUT2D eigenvalue weighted by molar-refractivity contribution is -0.120. The van der Waals surface area contributed by atoms with E-state index in [9.17, 15) is 9.59 Å². The molecule has 0 radical (unpaired) electrons. The Morgan fingerprint density at radius 1 is 1.21 bits per heavy atom. The molecule has 7 nitrogen and oxygen atoms in total. The fourth-order valence-electron chi connectivity index (χ4n) is 3.89. The second kappa shape index (κ2) is 8.58. The van der Waals surface area contributed by atoms with Gasteiger partial charge in [-0.1, -0.05) is 24.6 Å². The fraction of sp³-hybridized carbons (Fsp3) is 0.350. The fourth-order valence-corrected chi connectivity index (χ4v) is 3.89. The van der Waals surface area contributed by atoms with E-state index in [0.717, 1.165) is 30.5 Å². The highest BCUT2D eigenvalue weighted by Gasteiger charge is 2.31. The summed E-state index contributed by atoms with van der Waals surface area (Å²) in [5.74, 6) is 0.287. The molecule has 0 unspecified atom stereocenters. The maximum atomic E-state index is 12.6. The number of fused-ring (bicyclic) bond motifs is 1. The molecule has 1 fully saturated rings. The average molecular weight is 402 g/mol.